The van der Waals surface area contributed by atoms with Gasteiger partial charge in [0, 0.05) is 44.5 Å². The van der Waals surface area contributed by atoms with Crippen LogP contribution >= 0.6 is 0 Å². The van der Waals surface area contributed by atoms with Crippen molar-refractivity contribution in [3.63, 3.8) is 0 Å². The van der Waals surface area contributed by atoms with Crippen LogP contribution in [0.4, 0.5) is 5.82 Å². The van der Waals surface area contributed by atoms with Crippen LogP contribution in [0.2, 0.25) is 0 Å². The lowest BCUT2D eigenvalue weighted by Gasteiger charge is -2.36. The number of anilines is 1. The Morgan fingerprint density at radius 2 is 1.80 bits per heavy atom. The summed E-state index contributed by atoms with van der Waals surface area (Å²) in [5.74, 6) is 1.30. The highest BCUT2D eigenvalue weighted by molar-refractivity contribution is 5.96. The largest absolute Gasteiger partial charge is 0.355 e. The first-order chi connectivity index (χ1) is 14.3. The van der Waals surface area contributed by atoms with Crippen LogP contribution in [0.25, 0.3) is 0 Å². The Kier molecular flexibility index (Phi) is 5.50. The van der Waals surface area contributed by atoms with Gasteiger partial charge in [-0.3, -0.25) is 9.59 Å². The second-order valence-electron chi connectivity index (χ2n) is 8.71. The fraction of sp³-hybridized carbons (Fsp3) is 0.458. The van der Waals surface area contributed by atoms with E-state index < -0.39 is 0 Å². The Morgan fingerprint density at radius 1 is 1.07 bits per heavy atom. The number of carbonyl (C=O) groups excluding carboxylic acids is 2. The van der Waals surface area contributed by atoms with Crippen molar-refractivity contribution in [2.45, 2.75) is 33.6 Å². The second kappa shape index (κ2) is 8.09. The van der Waals surface area contributed by atoms with Gasteiger partial charge >= 0.3 is 0 Å². The maximum atomic E-state index is 13.1. The number of aromatic nitrogens is 1. The summed E-state index contributed by atoms with van der Waals surface area (Å²) in [6, 6.07) is 8.00. The number of aryl methyl sites for hydroxylation is 3. The SMILES string of the molecule is Cc1cnc(N2CCN(C(=O)c3ccc([C@@H]4C(=O)NCC4C)cc3C)CC2)c(C)c1. The number of hydrogen-bond acceptors (Lipinski definition) is 4. The first kappa shape index (κ1) is 20.4. The summed E-state index contributed by atoms with van der Waals surface area (Å²) < 4.78 is 0. The van der Waals surface area contributed by atoms with Gasteiger partial charge in [-0.15, -0.1) is 0 Å². The van der Waals surface area contributed by atoms with Gasteiger partial charge < -0.3 is 15.1 Å². The zero-order valence-corrected chi connectivity index (χ0v) is 18.2. The average Bonchev–Trinajstić information content (AvgIpc) is 3.06. The van der Waals surface area contributed by atoms with Crippen LogP contribution in [-0.2, 0) is 4.79 Å². The first-order valence-corrected chi connectivity index (χ1v) is 10.7. The van der Waals surface area contributed by atoms with Gasteiger partial charge in [0.25, 0.3) is 5.91 Å². The maximum Gasteiger partial charge on any atom is 0.254 e. The van der Waals surface area contributed by atoms with E-state index in [4.69, 9.17) is 0 Å². The molecule has 2 amide bonds. The number of hydrogen-bond donors (Lipinski definition) is 1. The molecule has 0 saturated carbocycles. The van der Waals surface area contributed by atoms with Crippen LogP contribution in [0, 0.1) is 26.7 Å². The van der Waals surface area contributed by atoms with Gasteiger partial charge in [0.1, 0.15) is 5.82 Å². The van der Waals surface area contributed by atoms with E-state index in [-0.39, 0.29) is 23.7 Å². The Bertz CT molecular complexity index is 979. The van der Waals surface area contributed by atoms with Gasteiger partial charge in [0.2, 0.25) is 5.91 Å². The minimum Gasteiger partial charge on any atom is -0.355 e. The van der Waals surface area contributed by atoms with E-state index in [2.05, 4.69) is 35.1 Å². The van der Waals surface area contributed by atoms with Crippen molar-refractivity contribution in [3.05, 3.63) is 58.3 Å². The maximum absolute atomic E-state index is 13.1. The fourth-order valence-corrected chi connectivity index (χ4v) is 4.68. The predicted octanol–water partition coefficient (Wildman–Crippen LogP) is 2.82. The van der Waals surface area contributed by atoms with Gasteiger partial charge in [-0.2, -0.15) is 0 Å². The van der Waals surface area contributed by atoms with Crippen molar-refractivity contribution in [3.8, 4) is 0 Å². The number of rotatable bonds is 3. The lowest BCUT2D eigenvalue weighted by molar-refractivity contribution is -0.120. The minimum absolute atomic E-state index is 0.0659. The number of pyridine rings is 1. The normalized spacial score (nSPS) is 21.7. The van der Waals surface area contributed by atoms with Crippen LogP contribution in [0.15, 0.2) is 30.5 Å². The van der Waals surface area contributed by atoms with Crippen LogP contribution in [0.1, 0.15) is 45.5 Å². The molecule has 6 heteroatoms. The summed E-state index contributed by atoms with van der Waals surface area (Å²) >= 11 is 0. The molecule has 2 fully saturated rings. The zero-order chi connectivity index (χ0) is 21.4. The monoisotopic (exact) mass is 406 g/mol. The molecule has 2 aliphatic heterocycles. The Labute approximate surface area is 178 Å². The molecular formula is C24H30N4O2. The fourth-order valence-electron chi connectivity index (χ4n) is 4.68. The summed E-state index contributed by atoms with van der Waals surface area (Å²) in [5.41, 5.74) is 4.99. The van der Waals surface area contributed by atoms with Crippen LogP contribution in [0.3, 0.4) is 0 Å². The lowest BCUT2D eigenvalue weighted by atomic mass is 9.88. The molecule has 0 bridgehead atoms. The highest BCUT2D eigenvalue weighted by atomic mass is 16.2. The molecule has 0 radical (unpaired) electrons. The smallest absolute Gasteiger partial charge is 0.254 e. The van der Waals surface area contributed by atoms with Crippen molar-refractivity contribution >= 4 is 17.6 Å². The van der Waals surface area contributed by atoms with Gasteiger partial charge in [-0.25, -0.2) is 4.98 Å². The Hall–Kier alpha value is -2.89. The quantitative estimate of drug-likeness (QED) is 0.851. The number of carbonyl (C=O) groups is 2. The molecule has 0 aliphatic carbocycles. The summed E-state index contributed by atoms with van der Waals surface area (Å²) in [7, 11) is 0. The molecule has 158 valence electrons. The molecule has 2 aromatic rings. The standard InChI is InChI=1S/C24H30N4O2/c1-15-11-17(3)22(25-13-15)27-7-9-28(10-8-27)24(30)20-6-5-19(12-16(20)2)21-18(4)14-26-23(21)29/h5-6,11-13,18,21H,7-10,14H2,1-4H3,(H,26,29)/t18?,21-/m1/s1. The molecule has 6 nitrogen and oxygen atoms in total. The minimum atomic E-state index is -0.123. The summed E-state index contributed by atoms with van der Waals surface area (Å²) in [6.07, 6.45) is 1.90. The van der Waals surface area contributed by atoms with E-state index in [0.717, 1.165) is 41.2 Å². The van der Waals surface area contributed by atoms with Gasteiger partial charge in [0.05, 0.1) is 5.92 Å². The van der Waals surface area contributed by atoms with Crippen molar-refractivity contribution in [2.24, 2.45) is 5.92 Å². The molecule has 2 atom stereocenters. The van der Waals surface area contributed by atoms with Crippen molar-refractivity contribution in [1.82, 2.24) is 15.2 Å². The number of benzene rings is 1. The number of amides is 2. The molecule has 1 unspecified atom stereocenters. The lowest BCUT2D eigenvalue weighted by Crippen LogP contribution is -2.49. The number of nitrogens with one attached hydrogen (secondary N) is 1. The van der Waals surface area contributed by atoms with Gasteiger partial charge in [0.15, 0.2) is 0 Å². The van der Waals surface area contributed by atoms with E-state index in [1.54, 1.807) is 0 Å². The van der Waals surface area contributed by atoms with Gasteiger partial charge in [-0.05, 0) is 55.0 Å². The highest BCUT2D eigenvalue weighted by Crippen LogP contribution is 2.30. The third kappa shape index (κ3) is 3.78. The average molecular weight is 407 g/mol. The van der Waals surface area contributed by atoms with Gasteiger partial charge in [-0.1, -0.05) is 25.1 Å². The molecule has 0 spiro atoms. The van der Waals surface area contributed by atoms with E-state index in [0.29, 0.717) is 19.6 Å². The summed E-state index contributed by atoms with van der Waals surface area (Å²) in [6.45, 7) is 11.8. The van der Waals surface area contributed by atoms with Crippen molar-refractivity contribution < 1.29 is 9.59 Å². The molecular weight excluding hydrogens is 376 g/mol. The summed E-state index contributed by atoms with van der Waals surface area (Å²) in [5, 5.41) is 2.93. The molecule has 30 heavy (non-hydrogen) atoms. The predicted molar refractivity (Wildman–Crippen MR) is 118 cm³/mol. The molecule has 2 aliphatic rings. The third-order valence-electron chi connectivity index (χ3n) is 6.34. The van der Waals surface area contributed by atoms with E-state index in [9.17, 15) is 9.59 Å². The molecule has 1 N–H and O–H groups in total. The van der Waals surface area contributed by atoms with E-state index in [1.165, 1.54) is 5.56 Å². The number of piperazine rings is 1. The summed E-state index contributed by atoms with van der Waals surface area (Å²) in [4.78, 5) is 34.1. The Morgan fingerprint density at radius 3 is 2.40 bits per heavy atom. The van der Waals surface area contributed by atoms with E-state index in [1.807, 2.05) is 43.1 Å². The molecule has 2 saturated heterocycles. The second-order valence-corrected chi connectivity index (χ2v) is 8.71. The molecule has 1 aromatic carbocycles. The molecule has 4 rings (SSSR count). The molecule has 3 heterocycles. The first-order valence-electron chi connectivity index (χ1n) is 10.7. The number of nitrogens with zero attached hydrogens (tertiary/aromatic N) is 3. The van der Waals surface area contributed by atoms with Crippen LogP contribution in [-0.4, -0.2) is 54.4 Å². The highest BCUT2D eigenvalue weighted by Gasteiger charge is 2.33. The van der Waals surface area contributed by atoms with Crippen molar-refractivity contribution in [2.75, 3.05) is 37.6 Å². The molecule has 1 aromatic heterocycles. The van der Waals surface area contributed by atoms with Crippen LogP contribution < -0.4 is 10.2 Å². The third-order valence-corrected chi connectivity index (χ3v) is 6.34. The Balaban J connectivity index is 1.45. The zero-order valence-electron chi connectivity index (χ0n) is 18.2. The van der Waals surface area contributed by atoms with E-state index >= 15 is 0 Å². The van der Waals surface area contributed by atoms with Crippen molar-refractivity contribution in [1.29, 1.82) is 0 Å². The van der Waals surface area contributed by atoms with Crippen LogP contribution in [0.5, 0.6) is 0 Å². The topological polar surface area (TPSA) is 65.5 Å².